The standard InChI is InChI=1S/C29H34N2O4S/c1-29(2,3)23-14-16-25(17-15-23)36(33,34)31-26-13-9-8-12-22(26)19-27(31)28(32)30-24(20-35-4)18-21-10-6-5-7-11-21/h5-17,24,27H,18-20H2,1-4H3,(H,30,32)/t24?,27-/m0/s1. The maximum atomic E-state index is 13.9. The fraction of sp³-hybridized carbons (Fsp3) is 0.345. The highest BCUT2D eigenvalue weighted by Crippen LogP contribution is 2.37. The van der Waals surface area contributed by atoms with Crippen molar-refractivity contribution in [2.75, 3.05) is 18.0 Å². The van der Waals surface area contributed by atoms with Crippen LogP contribution in [-0.4, -0.2) is 40.1 Å². The lowest BCUT2D eigenvalue weighted by Crippen LogP contribution is -2.52. The van der Waals surface area contributed by atoms with Gasteiger partial charge >= 0.3 is 0 Å². The van der Waals surface area contributed by atoms with E-state index in [9.17, 15) is 13.2 Å². The van der Waals surface area contributed by atoms with Crippen LogP contribution in [0.3, 0.4) is 0 Å². The van der Waals surface area contributed by atoms with Crippen LogP contribution in [0, 0.1) is 0 Å². The number of rotatable bonds is 8. The number of ether oxygens (including phenoxy) is 1. The molecule has 1 heterocycles. The summed E-state index contributed by atoms with van der Waals surface area (Å²) in [5.41, 5.74) is 3.39. The van der Waals surface area contributed by atoms with Gasteiger partial charge in [-0.25, -0.2) is 8.42 Å². The number of carbonyl (C=O) groups excluding carboxylic acids is 1. The number of para-hydroxylation sites is 1. The predicted molar refractivity (Wildman–Crippen MR) is 143 cm³/mol. The van der Waals surface area contributed by atoms with Crippen LogP contribution < -0.4 is 9.62 Å². The lowest BCUT2D eigenvalue weighted by molar-refractivity contribution is -0.123. The number of carbonyl (C=O) groups is 1. The molecule has 36 heavy (non-hydrogen) atoms. The molecule has 0 aliphatic carbocycles. The molecule has 3 aromatic rings. The molecule has 1 N–H and O–H groups in total. The minimum atomic E-state index is -3.97. The molecule has 190 valence electrons. The Hall–Kier alpha value is -3.16. The van der Waals surface area contributed by atoms with Gasteiger partial charge in [0.15, 0.2) is 0 Å². The zero-order valence-corrected chi connectivity index (χ0v) is 22.1. The average Bonchev–Trinajstić information content (AvgIpc) is 3.25. The van der Waals surface area contributed by atoms with Crippen molar-refractivity contribution >= 4 is 21.6 Å². The molecular formula is C29H34N2O4S. The van der Waals surface area contributed by atoms with E-state index in [0.717, 1.165) is 16.7 Å². The van der Waals surface area contributed by atoms with Crippen molar-refractivity contribution in [3.8, 4) is 0 Å². The zero-order valence-electron chi connectivity index (χ0n) is 21.3. The van der Waals surface area contributed by atoms with Gasteiger partial charge in [-0.15, -0.1) is 0 Å². The van der Waals surface area contributed by atoms with Gasteiger partial charge in [-0.2, -0.15) is 0 Å². The number of hydrogen-bond acceptors (Lipinski definition) is 4. The number of hydrogen-bond donors (Lipinski definition) is 1. The highest BCUT2D eigenvalue weighted by Gasteiger charge is 2.42. The largest absolute Gasteiger partial charge is 0.383 e. The summed E-state index contributed by atoms with van der Waals surface area (Å²) in [5.74, 6) is -0.334. The third-order valence-electron chi connectivity index (χ3n) is 6.54. The summed E-state index contributed by atoms with van der Waals surface area (Å²) in [6.45, 7) is 6.57. The van der Waals surface area contributed by atoms with Crippen LogP contribution in [0.4, 0.5) is 5.69 Å². The number of fused-ring (bicyclic) bond motifs is 1. The first kappa shape index (κ1) is 25.9. The third-order valence-corrected chi connectivity index (χ3v) is 8.38. The quantitative estimate of drug-likeness (QED) is 0.489. The average molecular weight is 507 g/mol. The Kier molecular flexibility index (Phi) is 7.52. The minimum Gasteiger partial charge on any atom is -0.383 e. The molecule has 0 aromatic heterocycles. The Balaban J connectivity index is 1.64. The topological polar surface area (TPSA) is 75.7 Å². The van der Waals surface area contributed by atoms with Gasteiger partial charge in [-0.05, 0) is 46.7 Å². The highest BCUT2D eigenvalue weighted by atomic mass is 32.2. The molecule has 3 aromatic carbocycles. The van der Waals surface area contributed by atoms with Crippen molar-refractivity contribution in [2.24, 2.45) is 0 Å². The van der Waals surface area contributed by atoms with Crippen molar-refractivity contribution < 1.29 is 17.9 Å². The molecule has 1 unspecified atom stereocenters. The Bertz CT molecular complexity index is 1300. The number of sulfonamides is 1. The van der Waals surface area contributed by atoms with Crippen LogP contribution in [0.5, 0.6) is 0 Å². The van der Waals surface area contributed by atoms with E-state index < -0.39 is 16.1 Å². The molecule has 0 spiro atoms. The number of anilines is 1. The number of nitrogens with zero attached hydrogens (tertiary/aromatic N) is 1. The second kappa shape index (κ2) is 10.4. The molecule has 0 bridgehead atoms. The molecule has 1 aliphatic rings. The molecule has 0 saturated carbocycles. The van der Waals surface area contributed by atoms with E-state index in [4.69, 9.17) is 4.74 Å². The Morgan fingerprint density at radius 3 is 2.28 bits per heavy atom. The van der Waals surface area contributed by atoms with Crippen LogP contribution in [0.25, 0.3) is 0 Å². The van der Waals surface area contributed by atoms with E-state index in [-0.39, 0.29) is 22.3 Å². The Morgan fingerprint density at radius 2 is 1.64 bits per heavy atom. The summed E-state index contributed by atoms with van der Waals surface area (Å²) in [6.07, 6.45) is 0.896. The summed E-state index contributed by atoms with van der Waals surface area (Å²) in [4.78, 5) is 13.8. The Labute approximate surface area is 214 Å². The van der Waals surface area contributed by atoms with Crippen LogP contribution in [0.2, 0.25) is 0 Å². The van der Waals surface area contributed by atoms with Crippen molar-refractivity contribution in [3.05, 3.63) is 95.6 Å². The van der Waals surface area contributed by atoms with E-state index in [1.165, 1.54) is 4.31 Å². The summed E-state index contributed by atoms with van der Waals surface area (Å²) in [5, 5.41) is 3.06. The zero-order chi connectivity index (χ0) is 25.9. The van der Waals surface area contributed by atoms with E-state index in [0.29, 0.717) is 25.1 Å². The molecule has 6 nitrogen and oxygen atoms in total. The number of amides is 1. The molecule has 0 saturated heterocycles. The monoisotopic (exact) mass is 506 g/mol. The van der Waals surface area contributed by atoms with Crippen molar-refractivity contribution in [1.29, 1.82) is 0 Å². The van der Waals surface area contributed by atoms with Gasteiger partial charge in [0.05, 0.1) is 23.2 Å². The van der Waals surface area contributed by atoms with E-state index in [2.05, 4.69) is 26.1 Å². The first-order valence-corrected chi connectivity index (χ1v) is 13.6. The van der Waals surface area contributed by atoms with Gasteiger partial charge in [0.2, 0.25) is 5.91 Å². The van der Waals surface area contributed by atoms with Crippen molar-refractivity contribution in [1.82, 2.24) is 5.32 Å². The molecule has 4 rings (SSSR count). The lowest BCUT2D eigenvalue weighted by Gasteiger charge is -2.28. The fourth-order valence-electron chi connectivity index (χ4n) is 4.64. The van der Waals surface area contributed by atoms with Gasteiger partial charge in [0, 0.05) is 13.5 Å². The molecule has 1 aliphatic heterocycles. The molecule has 0 radical (unpaired) electrons. The number of nitrogens with one attached hydrogen (secondary N) is 1. The van der Waals surface area contributed by atoms with Gasteiger partial charge < -0.3 is 10.1 Å². The molecule has 1 amide bonds. The molecule has 7 heteroatoms. The van der Waals surface area contributed by atoms with Crippen molar-refractivity contribution in [2.45, 2.75) is 56.0 Å². The predicted octanol–water partition coefficient (Wildman–Crippen LogP) is 4.48. The van der Waals surface area contributed by atoms with E-state index >= 15 is 0 Å². The second-order valence-corrected chi connectivity index (χ2v) is 12.1. The highest BCUT2D eigenvalue weighted by molar-refractivity contribution is 7.93. The normalized spacial score (nSPS) is 16.4. The lowest BCUT2D eigenvalue weighted by atomic mass is 9.87. The summed E-state index contributed by atoms with van der Waals surface area (Å²) < 4.78 is 34.4. The molecular weight excluding hydrogens is 472 g/mol. The maximum absolute atomic E-state index is 13.9. The fourth-order valence-corrected chi connectivity index (χ4v) is 6.29. The van der Waals surface area contributed by atoms with Gasteiger partial charge in [0.25, 0.3) is 10.0 Å². The first-order valence-electron chi connectivity index (χ1n) is 12.2. The summed E-state index contributed by atoms with van der Waals surface area (Å²) >= 11 is 0. The summed E-state index contributed by atoms with van der Waals surface area (Å²) in [7, 11) is -2.38. The third kappa shape index (κ3) is 5.47. The van der Waals surface area contributed by atoms with Gasteiger partial charge in [-0.1, -0.05) is 81.4 Å². The van der Waals surface area contributed by atoms with Crippen LogP contribution in [0.1, 0.15) is 37.5 Å². The minimum absolute atomic E-state index is 0.0972. The molecule has 0 fully saturated rings. The maximum Gasteiger partial charge on any atom is 0.265 e. The van der Waals surface area contributed by atoms with E-state index in [1.807, 2.05) is 54.6 Å². The van der Waals surface area contributed by atoms with Gasteiger partial charge in [0.1, 0.15) is 6.04 Å². The smallest absolute Gasteiger partial charge is 0.265 e. The number of methoxy groups -OCH3 is 1. The van der Waals surface area contributed by atoms with Crippen LogP contribution in [-0.2, 0) is 37.8 Å². The first-order chi connectivity index (χ1) is 17.1. The summed E-state index contributed by atoms with van der Waals surface area (Å²) in [6, 6.07) is 22.9. The van der Waals surface area contributed by atoms with Crippen molar-refractivity contribution in [3.63, 3.8) is 0 Å². The molecule has 2 atom stereocenters. The van der Waals surface area contributed by atoms with Crippen LogP contribution in [0.15, 0.2) is 83.8 Å². The van der Waals surface area contributed by atoms with Crippen LogP contribution >= 0.6 is 0 Å². The van der Waals surface area contributed by atoms with Gasteiger partial charge in [-0.3, -0.25) is 9.10 Å². The van der Waals surface area contributed by atoms with E-state index in [1.54, 1.807) is 31.4 Å². The Morgan fingerprint density at radius 1 is 1.00 bits per heavy atom. The number of benzene rings is 3. The SMILES string of the molecule is COCC(Cc1ccccc1)NC(=O)[C@@H]1Cc2ccccc2N1S(=O)(=O)c1ccc(C(C)(C)C)cc1. The second-order valence-electron chi connectivity index (χ2n) is 10.3.